The van der Waals surface area contributed by atoms with Crippen molar-refractivity contribution in [3.8, 4) is 0 Å². The van der Waals surface area contributed by atoms with Gasteiger partial charge in [-0.05, 0) is 64.3 Å². The number of aliphatic hydroxyl groups excluding tert-OH is 1. The minimum Gasteiger partial charge on any atom is -0.444 e. The highest BCUT2D eigenvalue weighted by molar-refractivity contribution is 6.34. The van der Waals surface area contributed by atoms with Gasteiger partial charge in [-0.1, -0.05) is 47.5 Å². The fourth-order valence-corrected chi connectivity index (χ4v) is 3.84. The van der Waals surface area contributed by atoms with Crippen molar-refractivity contribution >= 4 is 35.2 Å². The maximum atomic E-state index is 13.6. The zero-order valence-corrected chi connectivity index (χ0v) is 22.0. The number of rotatable bonds is 7. The van der Waals surface area contributed by atoms with Crippen LogP contribution >= 0.6 is 11.6 Å². The quantitative estimate of drug-likeness (QED) is 0.522. The minimum atomic E-state index is -1.31. The van der Waals surface area contributed by atoms with Crippen molar-refractivity contribution < 1.29 is 24.2 Å². The standard InChI is InChI=1S/C26H34ClN3O5/c1-15-11-12-16(2)18(13-15)22(23(32)29-21-17(3)9-8-10-19(21)27)30(7)24(33)20(14-31)28-25(34)35-26(4,5)6/h8-13,20,22,31H,14H2,1-7H3,(H,28,34)(H,29,32). The largest absolute Gasteiger partial charge is 0.444 e. The highest BCUT2D eigenvalue weighted by atomic mass is 35.5. The maximum absolute atomic E-state index is 13.6. The Balaban J connectivity index is 2.43. The Morgan fingerprint density at radius 3 is 2.31 bits per heavy atom. The molecule has 3 N–H and O–H groups in total. The van der Waals surface area contributed by atoms with Crippen LogP contribution in [0, 0.1) is 20.8 Å². The number of alkyl carbamates (subject to hydrolysis) is 1. The van der Waals surface area contributed by atoms with E-state index in [1.165, 1.54) is 11.9 Å². The van der Waals surface area contributed by atoms with E-state index in [0.29, 0.717) is 16.3 Å². The van der Waals surface area contributed by atoms with Gasteiger partial charge in [0.1, 0.15) is 17.7 Å². The first-order valence-corrected chi connectivity index (χ1v) is 11.6. The second-order valence-corrected chi connectivity index (χ2v) is 9.92. The molecule has 0 spiro atoms. The van der Waals surface area contributed by atoms with Gasteiger partial charge in [0.25, 0.3) is 5.91 Å². The molecule has 0 saturated carbocycles. The van der Waals surface area contributed by atoms with E-state index in [2.05, 4.69) is 10.6 Å². The molecule has 0 heterocycles. The van der Waals surface area contributed by atoms with Crippen LogP contribution in [0.1, 0.15) is 49.1 Å². The van der Waals surface area contributed by atoms with Crippen LogP contribution in [0.2, 0.25) is 5.02 Å². The summed E-state index contributed by atoms with van der Waals surface area (Å²) in [6, 6.07) is 8.50. The van der Waals surface area contributed by atoms with Crippen molar-refractivity contribution in [2.75, 3.05) is 19.0 Å². The van der Waals surface area contributed by atoms with Gasteiger partial charge >= 0.3 is 6.09 Å². The van der Waals surface area contributed by atoms with E-state index in [4.69, 9.17) is 16.3 Å². The second kappa shape index (κ2) is 11.6. The second-order valence-electron chi connectivity index (χ2n) is 9.51. The summed E-state index contributed by atoms with van der Waals surface area (Å²) < 4.78 is 5.21. The zero-order chi connectivity index (χ0) is 26.5. The van der Waals surface area contributed by atoms with Crippen molar-refractivity contribution in [3.05, 3.63) is 63.7 Å². The van der Waals surface area contributed by atoms with Gasteiger partial charge in [-0.3, -0.25) is 9.59 Å². The summed E-state index contributed by atoms with van der Waals surface area (Å²) >= 11 is 6.32. The van der Waals surface area contributed by atoms with Crippen LogP contribution in [-0.2, 0) is 14.3 Å². The number of hydrogen-bond donors (Lipinski definition) is 3. The molecule has 0 aliphatic heterocycles. The number of carbonyl (C=O) groups is 3. The average Bonchev–Trinajstić information content (AvgIpc) is 2.75. The molecular weight excluding hydrogens is 470 g/mol. The average molecular weight is 504 g/mol. The first kappa shape index (κ1) is 28.1. The molecular formula is C26H34ClN3O5. The molecule has 2 rings (SSSR count). The molecule has 9 heteroatoms. The predicted octanol–water partition coefficient (Wildman–Crippen LogP) is 4.29. The van der Waals surface area contributed by atoms with Gasteiger partial charge < -0.3 is 25.4 Å². The van der Waals surface area contributed by atoms with Gasteiger partial charge in [-0.2, -0.15) is 0 Å². The van der Waals surface area contributed by atoms with Crippen LogP contribution in [0.15, 0.2) is 36.4 Å². The molecule has 8 nitrogen and oxygen atoms in total. The topological polar surface area (TPSA) is 108 Å². The molecule has 2 unspecified atom stereocenters. The van der Waals surface area contributed by atoms with Crippen molar-refractivity contribution in [2.45, 2.75) is 59.2 Å². The molecule has 2 atom stereocenters. The smallest absolute Gasteiger partial charge is 0.408 e. The molecule has 3 amide bonds. The van der Waals surface area contributed by atoms with Gasteiger partial charge in [-0.15, -0.1) is 0 Å². The molecule has 0 aliphatic carbocycles. The molecule has 0 bridgehead atoms. The number of carbonyl (C=O) groups excluding carboxylic acids is 3. The molecule has 35 heavy (non-hydrogen) atoms. The summed E-state index contributed by atoms with van der Waals surface area (Å²) in [4.78, 5) is 40.4. The van der Waals surface area contributed by atoms with Crippen LogP contribution in [0.5, 0.6) is 0 Å². The Kier molecular flexibility index (Phi) is 9.29. The number of anilines is 1. The van der Waals surface area contributed by atoms with E-state index >= 15 is 0 Å². The third-order valence-corrected chi connectivity index (χ3v) is 5.67. The Hall–Kier alpha value is -3.10. The van der Waals surface area contributed by atoms with Crippen LogP contribution in [0.3, 0.4) is 0 Å². The van der Waals surface area contributed by atoms with Gasteiger partial charge in [-0.25, -0.2) is 4.79 Å². The van der Waals surface area contributed by atoms with Crippen molar-refractivity contribution in [3.63, 3.8) is 0 Å². The van der Waals surface area contributed by atoms with E-state index in [1.54, 1.807) is 32.9 Å². The third-order valence-electron chi connectivity index (χ3n) is 5.35. The number of para-hydroxylation sites is 1. The Labute approximate surface area is 211 Å². The fourth-order valence-electron chi connectivity index (χ4n) is 3.57. The van der Waals surface area contributed by atoms with E-state index in [9.17, 15) is 19.5 Å². The summed E-state index contributed by atoms with van der Waals surface area (Å²) in [5.74, 6) is -1.14. The molecule has 0 saturated heterocycles. The van der Waals surface area contributed by atoms with Crippen molar-refractivity contribution in [1.29, 1.82) is 0 Å². The van der Waals surface area contributed by atoms with Crippen molar-refractivity contribution in [1.82, 2.24) is 10.2 Å². The van der Waals surface area contributed by atoms with Crippen molar-refractivity contribution in [2.24, 2.45) is 0 Å². The molecule has 0 radical (unpaired) electrons. The monoisotopic (exact) mass is 503 g/mol. The number of benzene rings is 2. The summed E-state index contributed by atoms with van der Waals surface area (Å²) in [5, 5.41) is 15.5. The highest BCUT2D eigenvalue weighted by Gasteiger charge is 2.35. The summed E-state index contributed by atoms with van der Waals surface area (Å²) in [5.41, 5.74) is 2.74. The van der Waals surface area contributed by atoms with Crippen LogP contribution in [-0.4, -0.2) is 53.2 Å². The number of likely N-dealkylation sites (N-methyl/N-ethyl adjacent to an activating group) is 1. The van der Waals surface area contributed by atoms with Crippen LogP contribution in [0.4, 0.5) is 10.5 Å². The van der Waals surface area contributed by atoms with E-state index in [0.717, 1.165) is 16.7 Å². The Morgan fingerprint density at radius 2 is 1.74 bits per heavy atom. The normalized spacial score (nSPS) is 12.9. The van der Waals surface area contributed by atoms with Gasteiger partial charge in [0.15, 0.2) is 0 Å². The van der Waals surface area contributed by atoms with Crippen LogP contribution in [0.25, 0.3) is 0 Å². The molecule has 0 aromatic heterocycles. The number of aliphatic hydroxyl groups is 1. The van der Waals surface area contributed by atoms with Gasteiger partial charge in [0, 0.05) is 7.05 Å². The zero-order valence-electron chi connectivity index (χ0n) is 21.2. The lowest BCUT2D eigenvalue weighted by atomic mass is 9.96. The SMILES string of the molecule is Cc1ccc(C)c(C(C(=O)Nc2c(C)cccc2Cl)N(C)C(=O)C(CO)NC(=O)OC(C)(C)C)c1. The summed E-state index contributed by atoms with van der Waals surface area (Å²) in [6.45, 7) is 9.93. The number of nitrogens with one attached hydrogen (secondary N) is 2. The Bertz CT molecular complexity index is 1080. The number of ether oxygens (including phenoxy) is 1. The molecule has 0 aliphatic rings. The number of amides is 3. The summed E-state index contributed by atoms with van der Waals surface area (Å²) in [6.07, 6.45) is -0.849. The number of nitrogens with zero attached hydrogens (tertiary/aromatic N) is 1. The molecule has 2 aromatic rings. The lowest BCUT2D eigenvalue weighted by Gasteiger charge is -2.32. The minimum absolute atomic E-state index is 0.367. The number of hydrogen-bond acceptors (Lipinski definition) is 5. The summed E-state index contributed by atoms with van der Waals surface area (Å²) in [7, 11) is 1.45. The van der Waals surface area contributed by atoms with Crippen LogP contribution < -0.4 is 10.6 Å². The lowest BCUT2D eigenvalue weighted by molar-refractivity contribution is -0.139. The fraction of sp³-hybridized carbons (Fsp3) is 0.423. The highest BCUT2D eigenvalue weighted by Crippen LogP contribution is 2.30. The van der Waals surface area contributed by atoms with E-state index in [-0.39, 0.29) is 0 Å². The Morgan fingerprint density at radius 1 is 1.09 bits per heavy atom. The predicted molar refractivity (Wildman–Crippen MR) is 136 cm³/mol. The number of halogens is 1. The third kappa shape index (κ3) is 7.44. The number of aryl methyl sites for hydroxylation is 3. The van der Waals surface area contributed by atoms with E-state index < -0.39 is 42.2 Å². The molecule has 2 aromatic carbocycles. The van der Waals surface area contributed by atoms with Gasteiger partial charge in [0.05, 0.1) is 17.3 Å². The van der Waals surface area contributed by atoms with E-state index in [1.807, 2.05) is 45.0 Å². The first-order valence-electron chi connectivity index (χ1n) is 11.2. The van der Waals surface area contributed by atoms with Gasteiger partial charge in [0.2, 0.25) is 5.91 Å². The first-order chi connectivity index (χ1) is 16.2. The lowest BCUT2D eigenvalue weighted by Crippen LogP contribution is -2.52. The molecule has 190 valence electrons. The maximum Gasteiger partial charge on any atom is 0.408 e. The molecule has 0 fully saturated rings.